The topological polar surface area (TPSA) is 44.4 Å². The number of nitrogens with zero attached hydrogens (tertiary/aromatic N) is 1. The molecule has 2 aliphatic heterocycles. The summed E-state index contributed by atoms with van der Waals surface area (Å²) < 4.78 is 0. The van der Waals surface area contributed by atoms with Crippen LogP contribution in [0.15, 0.2) is 0 Å². The van der Waals surface area contributed by atoms with Gasteiger partial charge in [0.2, 0.25) is 5.91 Å². The van der Waals surface area contributed by atoms with Crippen LogP contribution in [0.5, 0.6) is 0 Å². The SMILES string of the molecule is CCC1(C(=O)NCCCN2CCCCC2C)CCCNC1. The van der Waals surface area contributed by atoms with Crippen LogP contribution in [0.1, 0.15) is 58.8 Å². The van der Waals surface area contributed by atoms with E-state index in [1.165, 1.54) is 25.8 Å². The van der Waals surface area contributed by atoms with Crippen molar-refractivity contribution in [3.8, 4) is 0 Å². The maximum Gasteiger partial charge on any atom is 0.227 e. The maximum absolute atomic E-state index is 12.5. The summed E-state index contributed by atoms with van der Waals surface area (Å²) in [7, 11) is 0. The minimum Gasteiger partial charge on any atom is -0.356 e. The second kappa shape index (κ2) is 8.14. The van der Waals surface area contributed by atoms with Crippen LogP contribution in [-0.4, -0.2) is 49.6 Å². The Kier molecular flexibility index (Phi) is 6.49. The molecule has 2 fully saturated rings. The van der Waals surface area contributed by atoms with E-state index >= 15 is 0 Å². The van der Waals surface area contributed by atoms with Crippen molar-refractivity contribution in [2.45, 2.75) is 64.8 Å². The number of hydrogen-bond acceptors (Lipinski definition) is 3. The van der Waals surface area contributed by atoms with Gasteiger partial charge in [-0.1, -0.05) is 13.3 Å². The molecule has 2 rings (SSSR count). The summed E-state index contributed by atoms with van der Waals surface area (Å²) in [6.07, 6.45) is 8.20. The van der Waals surface area contributed by atoms with Gasteiger partial charge in [-0.2, -0.15) is 0 Å². The third-order valence-corrected chi connectivity index (χ3v) is 5.48. The van der Waals surface area contributed by atoms with Crippen molar-refractivity contribution in [2.24, 2.45) is 5.41 Å². The lowest BCUT2D eigenvalue weighted by molar-refractivity contribution is -0.132. The molecule has 2 heterocycles. The van der Waals surface area contributed by atoms with Gasteiger partial charge in [-0.15, -0.1) is 0 Å². The second-order valence-corrected chi connectivity index (χ2v) is 6.90. The summed E-state index contributed by atoms with van der Waals surface area (Å²) in [5.41, 5.74) is -0.156. The molecule has 0 bridgehead atoms. The molecule has 0 aliphatic carbocycles. The van der Waals surface area contributed by atoms with Crippen LogP contribution in [0.4, 0.5) is 0 Å². The Hall–Kier alpha value is -0.610. The average molecular weight is 295 g/mol. The quantitative estimate of drug-likeness (QED) is 0.738. The summed E-state index contributed by atoms with van der Waals surface area (Å²) in [6, 6.07) is 0.721. The normalized spacial score (nSPS) is 31.0. The maximum atomic E-state index is 12.5. The average Bonchev–Trinajstić information content (AvgIpc) is 2.53. The molecule has 0 aromatic heterocycles. The molecule has 21 heavy (non-hydrogen) atoms. The third kappa shape index (κ3) is 4.43. The van der Waals surface area contributed by atoms with Crippen molar-refractivity contribution in [2.75, 3.05) is 32.7 Å². The Morgan fingerprint density at radius 1 is 1.38 bits per heavy atom. The zero-order chi connectivity index (χ0) is 15.1. The first-order chi connectivity index (χ1) is 10.2. The predicted molar refractivity (Wildman–Crippen MR) is 87.3 cm³/mol. The van der Waals surface area contributed by atoms with Crippen LogP contribution in [0.25, 0.3) is 0 Å². The highest BCUT2D eigenvalue weighted by atomic mass is 16.2. The first-order valence-electron chi connectivity index (χ1n) is 8.91. The second-order valence-electron chi connectivity index (χ2n) is 6.90. The zero-order valence-electron chi connectivity index (χ0n) is 13.9. The van der Waals surface area contributed by atoms with E-state index in [1.807, 2.05) is 0 Å². The summed E-state index contributed by atoms with van der Waals surface area (Å²) in [4.78, 5) is 15.1. The standard InChI is InChI=1S/C17H33N3O/c1-3-17(9-6-10-18-14-17)16(21)19-11-7-13-20-12-5-4-8-15(20)2/h15,18H,3-14H2,1-2H3,(H,19,21). The van der Waals surface area contributed by atoms with E-state index < -0.39 is 0 Å². The fourth-order valence-electron chi connectivity index (χ4n) is 3.79. The molecule has 2 saturated heterocycles. The van der Waals surface area contributed by atoms with E-state index in [0.29, 0.717) is 0 Å². The lowest BCUT2D eigenvalue weighted by atomic mass is 9.77. The third-order valence-electron chi connectivity index (χ3n) is 5.48. The first-order valence-corrected chi connectivity index (χ1v) is 8.91. The Morgan fingerprint density at radius 3 is 2.90 bits per heavy atom. The van der Waals surface area contributed by atoms with Crippen molar-refractivity contribution in [3.63, 3.8) is 0 Å². The number of nitrogens with one attached hydrogen (secondary N) is 2. The molecule has 4 heteroatoms. The van der Waals surface area contributed by atoms with E-state index in [9.17, 15) is 4.79 Å². The summed E-state index contributed by atoms with van der Waals surface area (Å²) >= 11 is 0. The van der Waals surface area contributed by atoms with Crippen LogP contribution in [0, 0.1) is 5.41 Å². The summed E-state index contributed by atoms with van der Waals surface area (Å²) in [5.74, 6) is 0.267. The van der Waals surface area contributed by atoms with Gasteiger partial charge in [-0.3, -0.25) is 4.79 Å². The molecular formula is C17H33N3O. The van der Waals surface area contributed by atoms with Gasteiger partial charge in [-0.25, -0.2) is 0 Å². The van der Waals surface area contributed by atoms with Gasteiger partial charge in [0.15, 0.2) is 0 Å². The molecule has 0 saturated carbocycles. The minimum atomic E-state index is -0.156. The highest BCUT2D eigenvalue weighted by Crippen LogP contribution is 2.30. The number of rotatable bonds is 6. The molecule has 0 aromatic carbocycles. The predicted octanol–water partition coefficient (Wildman–Crippen LogP) is 2.15. The van der Waals surface area contributed by atoms with E-state index in [2.05, 4.69) is 29.4 Å². The van der Waals surface area contributed by atoms with Gasteiger partial charge in [-0.05, 0) is 58.5 Å². The van der Waals surface area contributed by atoms with Crippen LogP contribution in [0.2, 0.25) is 0 Å². The van der Waals surface area contributed by atoms with E-state index in [4.69, 9.17) is 0 Å². The molecule has 2 atom stereocenters. The molecule has 2 unspecified atom stereocenters. The number of carbonyl (C=O) groups is 1. The zero-order valence-corrected chi connectivity index (χ0v) is 13.9. The van der Waals surface area contributed by atoms with E-state index in [-0.39, 0.29) is 11.3 Å². The lowest BCUT2D eigenvalue weighted by Gasteiger charge is -2.36. The number of hydrogen-bond donors (Lipinski definition) is 2. The Bertz CT molecular complexity index is 326. The largest absolute Gasteiger partial charge is 0.356 e. The van der Waals surface area contributed by atoms with Crippen molar-refractivity contribution < 1.29 is 4.79 Å². The van der Waals surface area contributed by atoms with Crippen LogP contribution >= 0.6 is 0 Å². The molecule has 4 nitrogen and oxygen atoms in total. The number of piperidine rings is 2. The van der Waals surface area contributed by atoms with Gasteiger partial charge in [0.25, 0.3) is 0 Å². The van der Waals surface area contributed by atoms with Crippen molar-refractivity contribution in [3.05, 3.63) is 0 Å². The highest BCUT2D eigenvalue weighted by molar-refractivity contribution is 5.82. The van der Waals surface area contributed by atoms with Crippen molar-refractivity contribution >= 4 is 5.91 Å². The number of amides is 1. The smallest absolute Gasteiger partial charge is 0.227 e. The summed E-state index contributed by atoms with van der Waals surface area (Å²) in [5, 5.41) is 6.58. The van der Waals surface area contributed by atoms with Gasteiger partial charge in [0, 0.05) is 25.7 Å². The van der Waals surface area contributed by atoms with Crippen molar-refractivity contribution in [1.82, 2.24) is 15.5 Å². The Balaban J connectivity index is 1.68. The molecule has 0 radical (unpaired) electrons. The lowest BCUT2D eigenvalue weighted by Crippen LogP contribution is -2.50. The Morgan fingerprint density at radius 2 is 2.24 bits per heavy atom. The van der Waals surface area contributed by atoms with E-state index in [0.717, 1.165) is 57.9 Å². The van der Waals surface area contributed by atoms with Gasteiger partial charge in [0.1, 0.15) is 0 Å². The van der Waals surface area contributed by atoms with Crippen LogP contribution in [0.3, 0.4) is 0 Å². The molecule has 0 spiro atoms. The molecule has 2 aliphatic rings. The molecule has 0 aromatic rings. The van der Waals surface area contributed by atoms with Gasteiger partial charge < -0.3 is 15.5 Å². The molecule has 1 amide bonds. The van der Waals surface area contributed by atoms with Crippen LogP contribution in [-0.2, 0) is 4.79 Å². The first kappa shape index (κ1) is 16.8. The minimum absolute atomic E-state index is 0.156. The summed E-state index contributed by atoms with van der Waals surface area (Å²) in [6.45, 7) is 9.56. The molecular weight excluding hydrogens is 262 g/mol. The van der Waals surface area contributed by atoms with E-state index in [1.54, 1.807) is 0 Å². The highest BCUT2D eigenvalue weighted by Gasteiger charge is 2.37. The van der Waals surface area contributed by atoms with Gasteiger partial charge >= 0.3 is 0 Å². The number of likely N-dealkylation sites (tertiary alicyclic amines) is 1. The van der Waals surface area contributed by atoms with Crippen molar-refractivity contribution in [1.29, 1.82) is 0 Å². The number of carbonyl (C=O) groups excluding carboxylic acids is 1. The molecule has 2 N–H and O–H groups in total. The fraction of sp³-hybridized carbons (Fsp3) is 0.941. The molecule has 122 valence electrons. The fourth-order valence-corrected chi connectivity index (χ4v) is 3.79. The van der Waals surface area contributed by atoms with Crippen LogP contribution < -0.4 is 10.6 Å². The monoisotopic (exact) mass is 295 g/mol. The Labute approximate surface area is 130 Å². The van der Waals surface area contributed by atoms with Gasteiger partial charge in [0.05, 0.1) is 5.41 Å².